The van der Waals surface area contributed by atoms with Gasteiger partial charge in [-0.15, -0.1) is 11.3 Å². The zero-order valence-electron chi connectivity index (χ0n) is 11.8. The molecule has 7 heteroatoms. The molecule has 1 N–H and O–H groups in total. The Morgan fingerprint density at radius 3 is 2.84 bits per heavy atom. The van der Waals surface area contributed by atoms with Gasteiger partial charge in [0.05, 0.1) is 5.69 Å². The molecule has 2 unspecified atom stereocenters. The molecule has 0 aliphatic heterocycles. The molecule has 1 aromatic rings. The van der Waals surface area contributed by atoms with Crippen LogP contribution in [0.25, 0.3) is 0 Å². The normalized spacial score (nSPS) is 14.1. The summed E-state index contributed by atoms with van der Waals surface area (Å²) in [5, 5.41) is 6.04. The van der Waals surface area contributed by atoms with Crippen LogP contribution in [0.1, 0.15) is 26.5 Å². The molecule has 0 spiro atoms. The molecular formula is C12H21N3O2S2. The van der Waals surface area contributed by atoms with Gasteiger partial charge < -0.3 is 5.32 Å². The van der Waals surface area contributed by atoms with Crippen LogP contribution in [0.2, 0.25) is 0 Å². The first-order valence-electron chi connectivity index (χ1n) is 6.21. The van der Waals surface area contributed by atoms with Crippen LogP contribution in [-0.2, 0) is 22.1 Å². The molecule has 0 radical (unpaired) electrons. The number of nitrogens with one attached hydrogen (secondary N) is 1. The van der Waals surface area contributed by atoms with Crippen LogP contribution in [0.15, 0.2) is 5.38 Å². The fraction of sp³-hybridized carbons (Fsp3) is 0.667. The highest BCUT2D eigenvalue weighted by atomic mass is 32.2. The van der Waals surface area contributed by atoms with Crippen LogP contribution in [0, 0.1) is 0 Å². The average molecular weight is 303 g/mol. The van der Waals surface area contributed by atoms with Crippen molar-refractivity contribution >= 4 is 33.2 Å². The third-order valence-electron chi connectivity index (χ3n) is 2.77. The number of hydrogen-bond donors (Lipinski definition) is 1. The smallest absolute Gasteiger partial charge is 0.225 e. The lowest BCUT2D eigenvalue weighted by Crippen LogP contribution is -2.28. The SMILES string of the molecule is CCN(C(C)=O)c1nc(CNCC(C)S(C)=O)cs1. The lowest BCUT2D eigenvalue weighted by molar-refractivity contribution is -0.116. The van der Waals surface area contributed by atoms with Crippen molar-refractivity contribution in [2.24, 2.45) is 0 Å². The second kappa shape index (κ2) is 7.72. The number of rotatable bonds is 7. The molecule has 0 bridgehead atoms. The van der Waals surface area contributed by atoms with Gasteiger partial charge >= 0.3 is 0 Å². The Morgan fingerprint density at radius 1 is 1.63 bits per heavy atom. The average Bonchev–Trinajstić information content (AvgIpc) is 2.77. The van der Waals surface area contributed by atoms with Gasteiger partial charge in [-0.1, -0.05) is 0 Å². The van der Waals surface area contributed by atoms with Gasteiger partial charge in [0, 0.05) is 54.2 Å². The van der Waals surface area contributed by atoms with Gasteiger partial charge in [-0.3, -0.25) is 13.9 Å². The highest BCUT2D eigenvalue weighted by Gasteiger charge is 2.13. The van der Waals surface area contributed by atoms with Crippen molar-refractivity contribution in [3.8, 4) is 0 Å². The molecule has 1 aromatic heterocycles. The number of thiazole rings is 1. The van der Waals surface area contributed by atoms with Crippen LogP contribution >= 0.6 is 11.3 Å². The van der Waals surface area contributed by atoms with E-state index >= 15 is 0 Å². The highest BCUT2D eigenvalue weighted by molar-refractivity contribution is 7.84. The standard InChI is InChI=1S/C12H21N3O2S2/c1-5-15(10(3)16)12-14-11(8-18-12)7-13-6-9(2)19(4)17/h8-9,13H,5-7H2,1-4H3. The topological polar surface area (TPSA) is 62.3 Å². The van der Waals surface area contributed by atoms with Gasteiger partial charge in [0.2, 0.25) is 5.91 Å². The highest BCUT2D eigenvalue weighted by Crippen LogP contribution is 2.20. The fourth-order valence-electron chi connectivity index (χ4n) is 1.51. The lowest BCUT2D eigenvalue weighted by atomic mass is 10.4. The summed E-state index contributed by atoms with van der Waals surface area (Å²) in [5.41, 5.74) is 0.911. The van der Waals surface area contributed by atoms with Gasteiger partial charge in [-0.25, -0.2) is 4.98 Å². The minimum absolute atomic E-state index is 0.00589. The number of anilines is 1. The molecule has 0 saturated carbocycles. The Labute approximate surface area is 120 Å². The fourth-order valence-corrected chi connectivity index (χ4v) is 2.80. The predicted molar refractivity (Wildman–Crippen MR) is 81.1 cm³/mol. The van der Waals surface area contributed by atoms with Gasteiger partial charge in [0.1, 0.15) is 0 Å². The van der Waals surface area contributed by atoms with E-state index in [0.717, 1.165) is 10.8 Å². The van der Waals surface area contributed by atoms with Crippen molar-refractivity contribution in [1.29, 1.82) is 0 Å². The largest absolute Gasteiger partial charge is 0.310 e. The number of amides is 1. The summed E-state index contributed by atoms with van der Waals surface area (Å²) in [4.78, 5) is 17.5. The molecule has 19 heavy (non-hydrogen) atoms. The third kappa shape index (κ3) is 5.00. The van der Waals surface area contributed by atoms with E-state index in [2.05, 4.69) is 10.3 Å². The zero-order valence-corrected chi connectivity index (χ0v) is 13.4. The maximum atomic E-state index is 11.4. The Bertz CT molecular complexity index is 448. The van der Waals surface area contributed by atoms with E-state index in [1.165, 1.54) is 11.3 Å². The van der Waals surface area contributed by atoms with E-state index in [0.29, 0.717) is 19.6 Å². The third-order valence-corrected chi connectivity index (χ3v) is 4.98. The van der Waals surface area contributed by atoms with Gasteiger partial charge in [0.25, 0.3) is 0 Å². The molecule has 0 aromatic carbocycles. The van der Waals surface area contributed by atoms with Crippen molar-refractivity contribution in [3.05, 3.63) is 11.1 Å². The van der Waals surface area contributed by atoms with Crippen LogP contribution < -0.4 is 10.2 Å². The molecule has 1 amide bonds. The molecule has 2 atom stereocenters. The van der Waals surface area contributed by atoms with Crippen molar-refractivity contribution in [2.75, 3.05) is 24.2 Å². The summed E-state index contributed by atoms with van der Waals surface area (Å²) in [6, 6.07) is 0. The van der Waals surface area contributed by atoms with E-state index in [1.807, 2.05) is 19.2 Å². The van der Waals surface area contributed by atoms with Gasteiger partial charge in [-0.05, 0) is 13.8 Å². The predicted octanol–water partition coefficient (Wildman–Crippen LogP) is 1.37. The molecule has 5 nitrogen and oxygen atoms in total. The second-order valence-corrected chi connectivity index (χ2v) is 6.96. The summed E-state index contributed by atoms with van der Waals surface area (Å²) in [6.07, 6.45) is 1.71. The van der Waals surface area contributed by atoms with Gasteiger partial charge in [0.15, 0.2) is 5.13 Å². The van der Waals surface area contributed by atoms with Crippen LogP contribution in [0.3, 0.4) is 0 Å². The maximum absolute atomic E-state index is 11.4. The number of nitrogens with zero attached hydrogens (tertiary/aromatic N) is 2. The van der Waals surface area contributed by atoms with E-state index < -0.39 is 10.8 Å². The van der Waals surface area contributed by atoms with Crippen molar-refractivity contribution in [3.63, 3.8) is 0 Å². The monoisotopic (exact) mass is 303 g/mol. The minimum Gasteiger partial charge on any atom is -0.310 e. The van der Waals surface area contributed by atoms with Crippen LogP contribution in [0.5, 0.6) is 0 Å². The van der Waals surface area contributed by atoms with Crippen molar-refractivity contribution in [1.82, 2.24) is 10.3 Å². The van der Waals surface area contributed by atoms with E-state index in [9.17, 15) is 9.00 Å². The summed E-state index contributed by atoms with van der Waals surface area (Å²) in [6.45, 7) is 7.37. The molecule has 0 fully saturated rings. The minimum atomic E-state index is -0.811. The molecule has 0 aliphatic carbocycles. The van der Waals surface area contributed by atoms with Gasteiger partial charge in [-0.2, -0.15) is 0 Å². The van der Waals surface area contributed by atoms with E-state index in [1.54, 1.807) is 18.1 Å². The molecule has 0 aliphatic rings. The molecular weight excluding hydrogens is 282 g/mol. The lowest BCUT2D eigenvalue weighted by Gasteiger charge is -2.14. The first kappa shape index (κ1) is 16.3. The Morgan fingerprint density at radius 2 is 2.32 bits per heavy atom. The first-order valence-corrected chi connectivity index (χ1v) is 8.71. The Kier molecular flexibility index (Phi) is 6.60. The number of carbonyl (C=O) groups is 1. The van der Waals surface area contributed by atoms with Crippen molar-refractivity contribution in [2.45, 2.75) is 32.6 Å². The summed E-state index contributed by atoms with van der Waals surface area (Å²) < 4.78 is 11.2. The number of hydrogen-bond acceptors (Lipinski definition) is 5. The first-order chi connectivity index (χ1) is 8.95. The summed E-state index contributed by atoms with van der Waals surface area (Å²) in [5.74, 6) is 0.00589. The van der Waals surface area contributed by atoms with Crippen LogP contribution in [-0.4, -0.2) is 39.7 Å². The maximum Gasteiger partial charge on any atom is 0.225 e. The Balaban J connectivity index is 2.51. The summed E-state index contributed by atoms with van der Waals surface area (Å²) in [7, 11) is -0.811. The molecule has 108 valence electrons. The zero-order chi connectivity index (χ0) is 14.4. The molecule has 1 heterocycles. The van der Waals surface area contributed by atoms with E-state index in [4.69, 9.17) is 0 Å². The van der Waals surface area contributed by atoms with E-state index in [-0.39, 0.29) is 11.2 Å². The molecule has 1 rings (SSSR count). The quantitative estimate of drug-likeness (QED) is 0.826. The van der Waals surface area contributed by atoms with Crippen LogP contribution in [0.4, 0.5) is 5.13 Å². The summed E-state index contributed by atoms with van der Waals surface area (Å²) >= 11 is 1.47. The number of aromatic nitrogens is 1. The number of carbonyl (C=O) groups excluding carboxylic acids is 1. The second-order valence-electron chi connectivity index (χ2n) is 4.32. The van der Waals surface area contributed by atoms with Crippen molar-refractivity contribution < 1.29 is 9.00 Å². The molecule has 0 saturated heterocycles. The Hall–Kier alpha value is -0.790.